The van der Waals surface area contributed by atoms with Gasteiger partial charge in [0.15, 0.2) is 0 Å². The Morgan fingerprint density at radius 1 is 1.25 bits per heavy atom. The van der Waals surface area contributed by atoms with Crippen LogP contribution >= 0.6 is 0 Å². The third-order valence-corrected chi connectivity index (χ3v) is 2.39. The molecule has 0 unspecified atom stereocenters. The van der Waals surface area contributed by atoms with Crippen molar-refractivity contribution in [2.45, 2.75) is 6.92 Å². The minimum absolute atomic E-state index is 0.618. The topological polar surface area (TPSA) is 49.4 Å². The van der Waals surface area contributed by atoms with Crippen LogP contribution in [0.2, 0.25) is 0 Å². The number of amides is 1. The van der Waals surface area contributed by atoms with E-state index in [1.807, 2.05) is 12.1 Å². The van der Waals surface area contributed by atoms with E-state index in [1.165, 1.54) is 0 Å². The number of carbonyl (C=O) groups excluding carboxylic acids is 2. The van der Waals surface area contributed by atoms with Crippen molar-refractivity contribution in [1.82, 2.24) is 5.32 Å². The van der Waals surface area contributed by atoms with Crippen molar-refractivity contribution in [3.63, 3.8) is 0 Å². The van der Waals surface area contributed by atoms with Gasteiger partial charge in [0.05, 0.1) is 0 Å². The molecule has 0 aromatic heterocycles. The molecular formula is C12H16N2O2. The molecule has 0 saturated heterocycles. The van der Waals surface area contributed by atoms with Crippen LogP contribution in [0.25, 0.3) is 0 Å². The van der Waals surface area contributed by atoms with Gasteiger partial charge < -0.3 is 10.2 Å². The molecule has 0 aliphatic heterocycles. The second-order valence-electron chi connectivity index (χ2n) is 3.36. The molecule has 86 valence electrons. The van der Waals surface area contributed by atoms with Crippen molar-refractivity contribution in [3.05, 3.63) is 29.8 Å². The zero-order valence-corrected chi connectivity index (χ0v) is 9.35. The average Bonchev–Trinajstić information content (AvgIpc) is 2.35. The standard InChI is InChI=1S/C12H16N2O2/c1-2-14(8-7-13-10-16)12-5-3-11(9-15)4-6-12/h3-6,9-10H,2,7-8H2,1H3,(H,13,16). The first kappa shape index (κ1) is 12.2. The first-order valence-corrected chi connectivity index (χ1v) is 5.29. The van der Waals surface area contributed by atoms with E-state index in [0.717, 1.165) is 25.1 Å². The van der Waals surface area contributed by atoms with Gasteiger partial charge in [-0.05, 0) is 31.2 Å². The molecule has 4 heteroatoms. The number of nitrogens with one attached hydrogen (secondary N) is 1. The van der Waals surface area contributed by atoms with Crippen molar-refractivity contribution in [1.29, 1.82) is 0 Å². The zero-order valence-electron chi connectivity index (χ0n) is 9.35. The lowest BCUT2D eigenvalue weighted by molar-refractivity contribution is -0.109. The highest BCUT2D eigenvalue weighted by atomic mass is 16.1. The van der Waals surface area contributed by atoms with Crippen molar-refractivity contribution in [3.8, 4) is 0 Å². The SMILES string of the molecule is CCN(CCNC=O)c1ccc(C=O)cc1. The van der Waals surface area contributed by atoms with Crippen molar-refractivity contribution in [2.24, 2.45) is 0 Å². The van der Waals surface area contributed by atoms with E-state index in [0.29, 0.717) is 18.5 Å². The van der Waals surface area contributed by atoms with E-state index >= 15 is 0 Å². The maximum absolute atomic E-state index is 10.5. The molecule has 1 amide bonds. The van der Waals surface area contributed by atoms with E-state index in [1.54, 1.807) is 12.1 Å². The van der Waals surface area contributed by atoms with Gasteiger partial charge in [-0.2, -0.15) is 0 Å². The van der Waals surface area contributed by atoms with E-state index in [-0.39, 0.29) is 0 Å². The second kappa shape index (κ2) is 6.61. The number of rotatable bonds is 7. The Morgan fingerprint density at radius 2 is 1.94 bits per heavy atom. The number of nitrogens with zero attached hydrogens (tertiary/aromatic N) is 1. The van der Waals surface area contributed by atoms with Crippen molar-refractivity contribution in [2.75, 3.05) is 24.5 Å². The Kier molecular flexibility index (Phi) is 5.05. The Hall–Kier alpha value is -1.84. The van der Waals surface area contributed by atoms with Crippen LogP contribution in [0.4, 0.5) is 5.69 Å². The van der Waals surface area contributed by atoms with Gasteiger partial charge >= 0.3 is 0 Å². The highest BCUT2D eigenvalue weighted by molar-refractivity contribution is 5.75. The van der Waals surface area contributed by atoms with Crippen molar-refractivity contribution < 1.29 is 9.59 Å². The van der Waals surface area contributed by atoms with Crippen LogP contribution in [0.3, 0.4) is 0 Å². The summed E-state index contributed by atoms with van der Waals surface area (Å²) in [7, 11) is 0. The number of hydrogen-bond donors (Lipinski definition) is 1. The molecule has 1 rings (SSSR count). The first-order valence-electron chi connectivity index (χ1n) is 5.29. The highest BCUT2D eigenvalue weighted by Gasteiger charge is 2.03. The molecule has 0 aliphatic rings. The first-order chi connectivity index (χ1) is 7.81. The number of carbonyl (C=O) groups is 2. The summed E-state index contributed by atoms with van der Waals surface area (Å²) >= 11 is 0. The monoisotopic (exact) mass is 220 g/mol. The Bertz CT molecular complexity index is 335. The average molecular weight is 220 g/mol. The largest absolute Gasteiger partial charge is 0.370 e. The van der Waals surface area contributed by atoms with Crippen LogP contribution in [0.5, 0.6) is 0 Å². The molecule has 4 nitrogen and oxygen atoms in total. The molecule has 0 heterocycles. The van der Waals surface area contributed by atoms with Gasteiger partial charge in [0.25, 0.3) is 0 Å². The number of hydrogen-bond acceptors (Lipinski definition) is 3. The maximum atomic E-state index is 10.5. The summed E-state index contributed by atoms with van der Waals surface area (Å²) < 4.78 is 0. The van der Waals surface area contributed by atoms with Gasteiger partial charge in [-0.1, -0.05) is 0 Å². The fraction of sp³-hybridized carbons (Fsp3) is 0.333. The van der Waals surface area contributed by atoms with Gasteiger partial charge in [0.1, 0.15) is 6.29 Å². The summed E-state index contributed by atoms with van der Waals surface area (Å²) in [4.78, 5) is 22.8. The summed E-state index contributed by atoms with van der Waals surface area (Å²) in [6, 6.07) is 7.40. The minimum Gasteiger partial charge on any atom is -0.370 e. The molecule has 0 atom stereocenters. The lowest BCUT2D eigenvalue weighted by Crippen LogP contribution is -2.31. The number of benzene rings is 1. The minimum atomic E-state index is 0.618. The van der Waals surface area contributed by atoms with Crippen molar-refractivity contribution >= 4 is 18.4 Å². The smallest absolute Gasteiger partial charge is 0.207 e. The van der Waals surface area contributed by atoms with Gasteiger partial charge in [-0.15, -0.1) is 0 Å². The summed E-state index contributed by atoms with van der Waals surface area (Å²) in [6.07, 6.45) is 1.53. The highest BCUT2D eigenvalue weighted by Crippen LogP contribution is 2.13. The third kappa shape index (κ3) is 3.38. The van der Waals surface area contributed by atoms with E-state index in [9.17, 15) is 9.59 Å². The molecule has 1 aromatic rings. The van der Waals surface area contributed by atoms with E-state index in [4.69, 9.17) is 0 Å². The van der Waals surface area contributed by atoms with Crippen LogP contribution < -0.4 is 10.2 Å². The van der Waals surface area contributed by atoms with Gasteiger partial charge in [-0.3, -0.25) is 9.59 Å². The predicted molar refractivity (Wildman–Crippen MR) is 63.8 cm³/mol. The normalized spacial score (nSPS) is 9.56. The molecule has 16 heavy (non-hydrogen) atoms. The summed E-state index contributed by atoms with van der Waals surface area (Å²) in [5, 5.41) is 2.63. The summed E-state index contributed by atoms with van der Waals surface area (Å²) in [5.74, 6) is 0. The molecule has 0 radical (unpaired) electrons. The quantitative estimate of drug-likeness (QED) is 0.552. The Labute approximate surface area is 95.3 Å². The lowest BCUT2D eigenvalue weighted by Gasteiger charge is -2.22. The zero-order chi connectivity index (χ0) is 11.8. The summed E-state index contributed by atoms with van der Waals surface area (Å²) in [6.45, 7) is 4.29. The number of likely N-dealkylation sites (N-methyl/N-ethyl adjacent to an activating group) is 1. The second-order valence-corrected chi connectivity index (χ2v) is 3.36. The molecule has 0 bridgehead atoms. The molecule has 0 saturated carbocycles. The van der Waals surface area contributed by atoms with Crippen LogP contribution in [-0.4, -0.2) is 32.3 Å². The third-order valence-electron chi connectivity index (χ3n) is 2.39. The molecule has 0 spiro atoms. The number of aldehydes is 1. The molecule has 0 fully saturated rings. The van der Waals surface area contributed by atoms with Crippen LogP contribution in [0.15, 0.2) is 24.3 Å². The number of anilines is 1. The van der Waals surface area contributed by atoms with Gasteiger partial charge in [0, 0.05) is 30.9 Å². The Balaban J connectivity index is 2.62. The van der Waals surface area contributed by atoms with Crippen LogP contribution in [-0.2, 0) is 4.79 Å². The van der Waals surface area contributed by atoms with Gasteiger partial charge in [-0.25, -0.2) is 0 Å². The Morgan fingerprint density at radius 3 is 2.44 bits per heavy atom. The summed E-state index contributed by atoms with van der Waals surface area (Å²) in [5.41, 5.74) is 1.73. The van der Waals surface area contributed by atoms with Crippen LogP contribution in [0.1, 0.15) is 17.3 Å². The molecule has 1 N–H and O–H groups in total. The lowest BCUT2D eigenvalue weighted by atomic mass is 10.2. The maximum Gasteiger partial charge on any atom is 0.207 e. The fourth-order valence-electron chi connectivity index (χ4n) is 1.49. The predicted octanol–water partition coefficient (Wildman–Crippen LogP) is 1.07. The molecule has 0 aliphatic carbocycles. The molecular weight excluding hydrogens is 204 g/mol. The van der Waals surface area contributed by atoms with E-state index < -0.39 is 0 Å². The fourth-order valence-corrected chi connectivity index (χ4v) is 1.49. The van der Waals surface area contributed by atoms with E-state index in [2.05, 4.69) is 17.1 Å². The van der Waals surface area contributed by atoms with Crippen LogP contribution in [0, 0.1) is 0 Å². The van der Waals surface area contributed by atoms with Gasteiger partial charge in [0.2, 0.25) is 6.41 Å². The molecule has 1 aromatic carbocycles.